The summed E-state index contributed by atoms with van der Waals surface area (Å²) in [5, 5.41) is 3.48. The first kappa shape index (κ1) is 13.6. The summed E-state index contributed by atoms with van der Waals surface area (Å²) in [5.74, 6) is 0. The first-order valence-electron chi connectivity index (χ1n) is 6.48. The van der Waals surface area contributed by atoms with Gasteiger partial charge in [-0.2, -0.15) is 0 Å². The van der Waals surface area contributed by atoms with Crippen LogP contribution in [-0.4, -0.2) is 9.38 Å². The van der Waals surface area contributed by atoms with E-state index in [2.05, 4.69) is 75.8 Å². The molecule has 20 heavy (non-hydrogen) atoms. The molecule has 0 aliphatic carbocycles. The molecule has 0 unspecified atom stereocenters. The summed E-state index contributed by atoms with van der Waals surface area (Å²) in [4.78, 5) is 6.97. The molecule has 104 valence electrons. The van der Waals surface area contributed by atoms with Crippen molar-refractivity contribution in [2.45, 2.75) is 27.3 Å². The zero-order valence-electron chi connectivity index (χ0n) is 11.7. The number of imidazole rings is 1. The van der Waals surface area contributed by atoms with Gasteiger partial charge in [0.1, 0.15) is 0 Å². The molecule has 0 amide bonds. The maximum atomic E-state index is 4.61. The van der Waals surface area contributed by atoms with Crippen LogP contribution in [0.3, 0.4) is 0 Å². The van der Waals surface area contributed by atoms with Gasteiger partial charge in [0, 0.05) is 21.2 Å². The predicted octanol–water partition coefficient (Wildman–Crippen LogP) is 4.70. The van der Waals surface area contributed by atoms with Gasteiger partial charge in [0.25, 0.3) is 0 Å². The maximum Gasteiger partial charge on any atom is 0.194 e. The SMILES string of the molecule is Cc1cc(Br)cc(NCc2c(C)nc3sc(C)cn23)c1. The molecule has 5 heteroatoms. The normalized spacial score (nSPS) is 11.2. The third-order valence-electron chi connectivity index (χ3n) is 3.24. The summed E-state index contributed by atoms with van der Waals surface area (Å²) in [5.41, 5.74) is 4.68. The molecule has 3 rings (SSSR count). The molecular formula is C15H16BrN3S. The number of benzene rings is 1. The van der Waals surface area contributed by atoms with Crippen molar-refractivity contribution in [3.05, 3.63) is 50.7 Å². The molecule has 3 aromatic rings. The number of aryl methyl sites for hydroxylation is 3. The molecule has 0 aliphatic rings. The van der Waals surface area contributed by atoms with Crippen molar-refractivity contribution in [2.75, 3.05) is 5.32 Å². The number of aromatic nitrogens is 2. The van der Waals surface area contributed by atoms with Gasteiger partial charge in [-0.1, -0.05) is 15.9 Å². The predicted molar refractivity (Wildman–Crippen MR) is 88.7 cm³/mol. The maximum absolute atomic E-state index is 4.61. The summed E-state index contributed by atoms with van der Waals surface area (Å²) in [6.07, 6.45) is 2.16. The van der Waals surface area contributed by atoms with Gasteiger partial charge in [-0.15, -0.1) is 11.3 Å². The fourth-order valence-electron chi connectivity index (χ4n) is 2.35. The zero-order valence-corrected chi connectivity index (χ0v) is 14.1. The van der Waals surface area contributed by atoms with E-state index < -0.39 is 0 Å². The van der Waals surface area contributed by atoms with E-state index in [1.165, 1.54) is 16.1 Å². The summed E-state index contributed by atoms with van der Waals surface area (Å²) < 4.78 is 3.29. The number of thiazole rings is 1. The highest BCUT2D eigenvalue weighted by Crippen LogP contribution is 2.23. The lowest BCUT2D eigenvalue weighted by Crippen LogP contribution is -2.03. The summed E-state index contributed by atoms with van der Waals surface area (Å²) in [6.45, 7) is 7.06. The Kier molecular flexibility index (Phi) is 3.56. The van der Waals surface area contributed by atoms with E-state index in [9.17, 15) is 0 Å². The van der Waals surface area contributed by atoms with Gasteiger partial charge in [0.2, 0.25) is 0 Å². The molecule has 0 bridgehead atoms. The van der Waals surface area contributed by atoms with Crippen LogP contribution in [0.2, 0.25) is 0 Å². The number of nitrogens with zero attached hydrogens (tertiary/aromatic N) is 2. The molecule has 0 radical (unpaired) electrons. The smallest absolute Gasteiger partial charge is 0.194 e. The average molecular weight is 350 g/mol. The Labute approximate surface area is 130 Å². The highest BCUT2D eigenvalue weighted by atomic mass is 79.9. The van der Waals surface area contributed by atoms with Crippen molar-refractivity contribution in [2.24, 2.45) is 0 Å². The fourth-order valence-corrected chi connectivity index (χ4v) is 3.84. The van der Waals surface area contributed by atoms with Gasteiger partial charge in [-0.05, 0) is 44.5 Å². The van der Waals surface area contributed by atoms with E-state index in [1.54, 1.807) is 11.3 Å². The lowest BCUT2D eigenvalue weighted by Gasteiger charge is -2.08. The molecule has 0 fully saturated rings. The van der Waals surface area contributed by atoms with Crippen LogP contribution in [0.15, 0.2) is 28.9 Å². The molecule has 0 atom stereocenters. The minimum absolute atomic E-state index is 0.777. The van der Waals surface area contributed by atoms with Crippen molar-refractivity contribution < 1.29 is 0 Å². The van der Waals surface area contributed by atoms with Crippen LogP contribution in [0, 0.1) is 20.8 Å². The van der Waals surface area contributed by atoms with Crippen LogP contribution < -0.4 is 5.32 Å². The third kappa shape index (κ3) is 2.60. The van der Waals surface area contributed by atoms with E-state index in [1.807, 2.05) is 0 Å². The van der Waals surface area contributed by atoms with Crippen LogP contribution >= 0.6 is 27.3 Å². The Bertz CT molecular complexity index is 753. The summed E-state index contributed by atoms with van der Waals surface area (Å²) in [6, 6.07) is 6.35. The number of rotatable bonds is 3. The molecule has 1 aromatic carbocycles. The van der Waals surface area contributed by atoms with Crippen molar-refractivity contribution in [3.8, 4) is 0 Å². The van der Waals surface area contributed by atoms with Crippen molar-refractivity contribution in [1.29, 1.82) is 0 Å². The zero-order chi connectivity index (χ0) is 14.3. The first-order valence-corrected chi connectivity index (χ1v) is 8.09. The van der Waals surface area contributed by atoms with E-state index in [0.717, 1.165) is 27.4 Å². The van der Waals surface area contributed by atoms with Crippen LogP contribution in [0.1, 0.15) is 21.8 Å². The number of fused-ring (bicyclic) bond motifs is 1. The van der Waals surface area contributed by atoms with Crippen LogP contribution in [0.5, 0.6) is 0 Å². The largest absolute Gasteiger partial charge is 0.379 e. The number of hydrogen-bond acceptors (Lipinski definition) is 3. The minimum Gasteiger partial charge on any atom is -0.379 e. The average Bonchev–Trinajstić information content (AvgIpc) is 2.81. The van der Waals surface area contributed by atoms with Crippen LogP contribution in [-0.2, 0) is 6.54 Å². The Morgan fingerprint density at radius 3 is 2.80 bits per heavy atom. The van der Waals surface area contributed by atoms with E-state index in [-0.39, 0.29) is 0 Å². The second-order valence-corrected chi connectivity index (χ2v) is 7.14. The minimum atomic E-state index is 0.777. The van der Waals surface area contributed by atoms with E-state index in [0.29, 0.717) is 0 Å². The molecule has 0 saturated carbocycles. The molecule has 0 saturated heterocycles. The van der Waals surface area contributed by atoms with Crippen LogP contribution in [0.25, 0.3) is 4.96 Å². The lowest BCUT2D eigenvalue weighted by atomic mass is 10.2. The Balaban J connectivity index is 1.87. The van der Waals surface area contributed by atoms with Gasteiger partial charge in [-0.25, -0.2) is 4.98 Å². The van der Waals surface area contributed by atoms with Gasteiger partial charge in [-0.3, -0.25) is 4.40 Å². The Hall–Kier alpha value is -1.33. The third-order valence-corrected chi connectivity index (χ3v) is 4.60. The monoisotopic (exact) mass is 349 g/mol. The molecule has 1 N–H and O–H groups in total. The number of hydrogen-bond donors (Lipinski definition) is 1. The summed E-state index contributed by atoms with van der Waals surface area (Å²) in [7, 11) is 0. The van der Waals surface area contributed by atoms with Gasteiger partial charge in [0.05, 0.1) is 17.9 Å². The Morgan fingerprint density at radius 2 is 2.05 bits per heavy atom. The molecule has 3 nitrogen and oxygen atoms in total. The number of halogens is 1. The molecule has 2 aromatic heterocycles. The van der Waals surface area contributed by atoms with Crippen molar-refractivity contribution >= 4 is 37.9 Å². The number of anilines is 1. The van der Waals surface area contributed by atoms with Crippen LogP contribution in [0.4, 0.5) is 5.69 Å². The van der Waals surface area contributed by atoms with E-state index >= 15 is 0 Å². The topological polar surface area (TPSA) is 29.3 Å². The highest BCUT2D eigenvalue weighted by Gasteiger charge is 2.10. The standard InChI is InChI=1S/C15H16BrN3S/c1-9-4-12(16)6-13(5-9)17-7-14-11(3)18-15-19(14)8-10(2)20-15/h4-6,8,17H,7H2,1-3H3. The summed E-state index contributed by atoms with van der Waals surface area (Å²) >= 11 is 5.26. The van der Waals surface area contributed by atoms with Crippen molar-refractivity contribution in [3.63, 3.8) is 0 Å². The number of nitrogens with one attached hydrogen (secondary N) is 1. The van der Waals surface area contributed by atoms with E-state index in [4.69, 9.17) is 0 Å². The van der Waals surface area contributed by atoms with Gasteiger partial charge in [0.15, 0.2) is 4.96 Å². The second-order valence-electron chi connectivity index (χ2n) is 5.01. The molecule has 0 aliphatic heterocycles. The second kappa shape index (κ2) is 5.22. The molecular weight excluding hydrogens is 334 g/mol. The highest BCUT2D eigenvalue weighted by molar-refractivity contribution is 9.10. The fraction of sp³-hybridized carbons (Fsp3) is 0.267. The molecule has 0 spiro atoms. The van der Waals surface area contributed by atoms with Gasteiger partial charge < -0.3 is 5.32 Å². The molecule has 2 heterocycles. The first-order chi connectivity index (χ1) is 9.52. The Morgan fingerprint density at radius 1 is 1.25 bits per heavy atom. The van der Waals surface area contributed by atoms with Gasteiger partial charge >= 0.3 is 0 Å². The van der Waals surface area contributed by atoms with Crippen molar-refractivity contribution in [1.82, 2.24) is 9.38 Å². The quantitative estimate of drug-likeness (QED) is 0.742. The lowest BCUT2D eigenvalue weighted by molar-refractivity contribution is 0.991.